The minimum absolute atomic E-state index is 0.0278. The molecule has 0 bridgehead atoms. The van der Waals surface area contributed by atoms with Crippen LogP contribution in [0.15, 0.2) is 16.8 Å². The molecule has 1 rings (SSSR count). The first-order valence-corrected chi connectivity index (χ1v) is 5.14. The van der Waals surface area contributed by atoms with Crippen molar-refractivity contribution in [3.05, 3.63) is 11.6 Å². The van der Waals surface area contributed by atoms with E-state index in [2.05, 4.69) is 5.10 Å². The maximum atomic E-state index is 9.24. The van der Waals surface area contributed by atoms with Gasteiger partial charge in [-0.1, -0.05) is 37.0 Å². The van der Waals surface area contributed by atoms with Gasteiger partial charge in [-0.25, -0.2) is 0 Å². The Morgan fingerprint density at radius 2 is 2.21 bits per heavy atom. The Morgan fingerprint density at radius 1 is 1.64 bits per heavy atom. The van der Waals surface area contributed by atoms with E-state index in [1.165, 1.54) is 0 Å². The number of allylic oxidation sites excluding steroid dienone is 1. The summed E-state index contributed by atoms with van der Waals surface area (Å²) in [5.74, 6) is 0. The van der Waals surface area contributed by atoms with E-state index < -0.39 is 0 Å². The predicted octanol–water partition coefficient (Wildman–Crippen LogP) is 1.99. The quantitative estimate of drug-likeness (QED) is 0.589. The van der Waals surface area contributed by atoms with Crippen LogP contribution < -0.4 is 0 Å². The number of nitrogens with zero attached hydrogens (tertiary/aromatic N) is 2. The minimum Gasteiger partial charge on any atom is -0.395 e. The van der Waals surface area contributed by atoms with Crippen LogP contribution >= 0.6 is 23.2 Å². The van der Waals surface area contributed by atoms with Crippen LogP contribution in [-0.2, 0) is 0 Å². The van der Waals surface area contributed by atoms with Crippen LogP contribution in [0.4, 0.5) is 0 Å². The largest absolute Gasteiger partial charge is 0.395 e. The number of rotatable bonds is 2. The maximum Gasteiger partial charge on any atom is 0.149 e. The molecule has 0 fully saturated rings. The van der Waals surface area contributed by atoms with Gasteiger partial charge >= 0.3 is 0 Å². The summed E-state index contributed by atoms with van der Waals surface area (Å²) >= 11 is 12.0. The summed E-state index contributed by atoms with van der Waals surface area (Å²) in [5, 5.41) is 15.2. The van der Waals surface area contributed by atoms with Crippen molar-refractivity contribution in [2.24, 2.45) is 10.5 Å². The number of hydrazone groups is 1. The Hall–Kier alpha value is -0.250. The van der Waals surface area contributed by atoms with Gasteiger partial charge in [-0.15, -0.1) is 0 Å². The second-order valence-corrected chi connectivity index (χ2v) is 4.77. The van der Waals surface area contributed by atoms with Gasteiger partial charge in [-0.2, -0.15) is 5.10 Å². The van der Waals surface area contributed by atoms with Crippen LogP contribution in [0.1, 0.15) is 13.8 Å². The average molecular weight is 237 g/mol. The summed E-state index contributed by atoms with van der Waals surface area (Å²) in [6, 6.07) is 0. The molecule has 5 heteroatoms. The highest BCUT2D eigenvalue weighted by Crippen LogP contribution is 2.34. The lowest BCUT2D eigenvalue weighted by Gasteiger charge is -2.34. The fourth-order valence-corrected chi connectivity index (χ4v) is 1.88. The normalized spacial score (nSPS) is 23.3. The van der Waals surface area contributed by atoms with Crippen LogP contribution in [0, 0.1) is 5.41 Å². The lowest BCUT2D eigenvalue weighted by Crippen LogP contribution is -2.36. The summed E-state index contributed by atoms with van der Waals surface area (Å²) in [6.45, 7) is 3.86. The number of hydrogen-bond donors (Lipinski definition) is 1. The van der Waals surface area contributed by atoms with E-state index >= 15 is 0 Å². The predicted molar refractivity (Wildman–Crippen MR) is 59.6 cm³/mol. The number of aliphatic hydroxyl groups is 1. The zero-order valence-corrected chi connectivity index (χ0v) is 9.97. The first kappa shape index (κ1) is 11.8. The van der Waals surface area contributed by atoms with Gasteiger partial charge in [0.2, 0.25) is 0 Å². The molecule has 1 N–H and O–H groups in total. The van der Waals surface area contributed by atoms with E-state index in [-0.39, 0.29) is 17.5 Å². The summed E-state index contributed by atoms with van der Waals surface area (Å²) in [5.41, 5.74) is 0.153. The number of halogens is 2. The maximum absolute atomic E-state index is 9.24. The van der Waals surface area contributed by atoms with E-state index in [4.69, 9.17) is 23.2 Å². The second kappa shape index (κ2) is 4.09. The first-order valence-electron chi connectivity index (χ1n) is 4.32. The summed E-state index contributed by atoms with van der Waals surface area (Å²) in [7, 11) is 1.75. The molecule has 0 aromatic heterocycles. The Labute approximate surface area is 94.0 Å². The second-order valence-electron chi connectivity index (χ2n) is 3.97. The van der Waals surface area contributed by atoms with Crippen molar-refractivity contribution < 1.29 is 5.11 Å². The fraction of sp³-hybridized carbons (Fsp3) is 0.667. The van der Waals surface area contributed by atoms with Crippen molar-refractivity contribution >= 4 is 28.4 Å². The van der Waals surface area contributed by atoms with Gasteiger partial charge in [-0.05, 0) is 11.6 Å². The molecule has 0 aromatic rings. The number of alkyl halides is 1. The molecule has 1 aliphatic rings. The molecule has 0 aromatic carbocycles. The van der Waals surface area contributed by atoms with E-state index in [9.17, 15) is 5.11 Å². The smallest absolute Gasteiger partial charge is 0.149 e. The molecule has 3 nitrogen and oxygen atoms in total. The van der Waals surface area contributed by atoms with E-state index in [0.717, 1.165) is 5.57 Å². The summed E-state index contributed by atoms with van der Waals surface area (Å²) < 4.78 is 0. The lowest BCUT2D eigenvalue weighted by atomic mass is 9.84. The Kier molecular flexibility index (Phi) is 3.45. The molecule has 0 saturated carbocycles. The van der Waals surface area contributed by atoms with Crippen molar-refractivity contribution in [2.75, 3.05) is 13.7 Å². The van der Waals surface area contributed by atoms with Crippen LogP contribution in [-0.4, -0.2) is 34.4 Å². The topological polar surface area (TPSA) is 35.8 Å². The molecular weight excluding hydrogens is 223 g/mol. The molecule has 1 unspecified atom stereocenters. The molecule has 1 aliphatic heterocycles. The third-order valence-electron chi connectivity index (χ3n) is 2.29. The summed E-state index contributed by atoms with van der Waals surface area (Å²) in [6.07, 6.45) is 1.72. The number of hydrogen-bond acceptors (Lipinski definition) is 3. The highest BCUT2D eigenvalue weighted by molar-refractivity contribution is 6.68. The van der Waals surface area contributed by atoms with E-state index in [0.29, 0.717) is 5.17 Å². The van der Waals surface area contributed by atoms with Gasteiger partial charge in [0.05, 0.1) is 6.61 Å². The molecule has 1 heterocycles. The standard InChI is InChI=1S/C9H14Cl2N2O/c1-9(2,5-14)6-4-7(10)12-13(3)8(6)11/h4,8,14H,5H2,1-3H3. The lowest BCUT2D eigenvalue weighted by molar-refractivity contribution is 0.174. The molecule has 80 valence electrons. The third kappa shape index (κ3) is 2.22. The van der Waals surface area contributed by atoms with Crippen molar-refractivity contribution in [1.82, 2.24) is 5.01 Å². The zero-order chi connectivity index (χ0) is 10.9. The van der Waals surface area contributed by atoms with Gasteiger partial charge in [0, 0.05) is 12.5 Å². The molecule has 0 saturated heterocycles. The zero-order valence-electron chi connectivity index (χ0n) is 8.46. The number of likely N-dealkylation sites (N-methyl/N-ethyl adjacent to an activating group) is 1. The Bertz CT molecular complexity index is 287. The molecule has 14 heavy (non-hydrogen) atoms. The number of aliphatic hydroxyl groups excluding tert-OH is 1. The van der Waals surface area contributed by atoms with Crippen molar-refractivity contribution in [1.29, 1.82) is 0 Å². The van der Waals surface area contributed by atoms with Crippen LogP contribution in [0.5, 0.6) is 0 Å². The van der Waals surface area contributed by atoms with Crippen molar-refractivity contribution in [2.45, 2.75) is 19.3 Å². The molecule has 0 radical (unpaired) electrons. The first-order chi connectivity index (χ1) is 6.38. The van der Waals surface area contributed by atoms with Gasteiger partial charge < -0.3 is 5.11 Å². The Morgan fingerprint density at radius 3 is 2.71 bits per heavy atom. The Balaban J connectivity index is 3.03. The molecule has 1 atom stereocenters. The molecule has 0 spiro atoms. The van der Waals surface area contributed by atoms with Gasteiger partial charge in [0.1, 0.15) is 10.7 Å². The van der Waals surface area contributed by atoms with E-state index in [1.807, 2.05) is 13.8 Å². The third-order valence-corrected chi connectivity index (χ3v) is 2.99. The van der Waals surface area contributed by atoms with Crippen LogP contribution in [0.3, 0.4) is 0 Å². The highest BCUT2D eigenvalue weighted by atomic mass is 35.5. The van der Waals surface area contributed by atoms with Crippen molar-refractivity contribution in [3.63, 3.8) is 0 Å². The van der Waals surface area contributed by atoms with Crippen LogP contribution in [0.2, 0.25) is 0 Å². The SMILES string of the molecule is CN1N=C(Cl)C=C(C(C)(C)CO)C1Cl. The summed E-state index contributed by atoms with van der Waals surface area (Å²) in [4.78, 5) is 0. The van der Waals surface area contributed by atoms with E-state index in [1.54, 1.807) is 18.1 Å². The molecular formula is C9H14Cl2N2O. The van der Waals surface area contributed by atoms with Crippen molar-refractivity contribution in [3.8, 4) is 0 Å². The van der Waals surface area contributed by atoms with Gasteiger partial charge in [0.25, 0.3) is 0 Å². The molecule has 0 amide bonds. The minimum atomic E-state index is -0.378. The molecule has 0 aliphatic carbocycles. The average Bonchev–Trinajstić information content (AvgIpc) is 2.11. The fourth-order valence-electron chi connectivity index (χ4n) is 1.24. The van der Waals surface area contributed by atoms with Gasteiger partial charge in [0.15, 0.2) is 0 Å². The van der Waals surface area contributed by atoms with Crippen LogP contribution in [0.25, 0.3) is 0 Å². The van der Waals surface area contributed by atoms with Gasteiger partial charge in [-0.3, -0.25) is 5.01 Å². The highest BCUT2D eigenvalue weighted by Gasteiger charge is 2.32. The monoisotopic (exact) mass is 236 g/mol.